The molecule has 0 N–H and O–H groups in total. The van der Waals surface area contributed by atoms with Gasteiger partial charge in [0.15, 0.2) is 0 Å². The highest BCUT2D eigenvalue weighted by Crippen LogP contribution is 2.62. The van der Waals surface area contributed by atoms with Crippen molar-refractivity contribution in [3.05, 3.63) is 241 Å². The van der Waals surface area contributed by atoms with E-state index in [-0.39, 0.29) is 0 Å². The van der Waals surface area contributed by atoms with Gasteiger partial charge >= 0.3 is 0 Å². The van der Waals surface area contributed by atoms with Crippen molar-refractivity contribution in [1.29, 1.82) is 0 Å². The van der Waals surface area contributed by atoms with Crippen molar-refractivity contribution in [3.8, 4) is 27.9 Å². The van der Waals surface area contributed by atoms with E-state index < -0.39 is 5.41 Å². The molecular weight excluding hydrogens is 753 g/mol. The maximum Gasteiger partial charge on any atom is 0.135 e. The average molecular weight is 789 g/mol. The lowest BCUT2D eigenvalue weighted by molar-refractivity contribution is 0.669. The minimum absolute atomic E-state index is 0.513. The third-order valence-electron chi connectivity index (χ3n) is 13.8. The van der Waals surface area contributed by atoms with Crippen LogP contribution in [0.5, 0.6) is 0 Å². The van der Waals surface area contributed by atoms with Gasteiger partial charge in [-0.05, 0) is 122 Å². The van der Waals surface area contributed by atoms with Crippen molar-refractivity contribution in [2.75, 3.05) is 4.90 Å². The highest BCUT2D eigenvalue weighted by Gasteiger charge is 2.50. The van der Waals surface area contributed by atoms with E-state index in [0.717, 1.165) is 50.2 Å². The molecule has 1 unspecified atom stereocenters. The first-order valence-electron chi connectivity index (χ1n) is 21.4. The smallest absolute Gasteiger partial charge is 0.135 e. The second-order valence-corrected chi connectivity index (χ2v) is 16.8. The van der Waals surface area contributed by atoms with Crippen molar-refractivity contribution in [1.82, 2.24) is 4.57 Å². The Kier molecular flexibility index (Phi) is 6.76. The number of para-hydroxylation sites is 3. The maximum absolute atomic E-state index is 6.28. The zero-order chi connectivity index (χ0) is 40.5. The molecule has 12 aromatic rings. The van der Waals surface area contributed by atoms with Gasteiger partial charge in [-0.15, -0.1) is 0 Å². The van der Waals surface area contributed by atoms with Crippen molar-refractivity contribution in [2.45, 2.75) is 5.41 Å². The number of anilines is 3. The van der Waals surface area contributed by atoms with E-state index >= 15 is 0 Å². The molecule has 1 spiro atoms. The summed E-state index contributed by atoms with van der Waals surface area (Å²) in [5.41, 5.74) is 18.5. The van der Waals surface area contributed by atoms with Gasteiger partial charge in [0, 0.05) is 44.3 Å². The monoisotopic (exact) mass is 788 g/mol. The minimum Gasteiger partial charge on any atom is -0.456 e. The van der Waals surface area contributed by atoms with Crippen LogP contribution in [-0.2, 0) is 5.41 Å². The zero-order valence-electron chi connectivity index (χ0n) is 33.6. The molecule has 0 fully saturated rings. The van der Waals surface area contributed by atoms with E-state index in [0.29, 0.717) is 0 Å². The van der Waals surface area contributed by atoms with E-state index in [4.69, 9.17) is 4.42 Å². The summed E-state index contributed by atoms with van der Waals surface area (Å²) in [6.07, 6.45) is 0. The highest BCUT2D eigenvalue weighted by molar-refractivity contribution is 6.12. The molecular formula is C59H36N2O. The number of hydrogen-bond donors (Lipinski definition) is 0. The summed E-state index contributed by atoms with van der Waals surface area (Å²) >= 11 is 0. The van der Waals surface area contributed by atoms with Crippen LogP contribution in [0.25, 0.3) is 82.5 Å². The van der Waals surface area contributed by atoms with E-state index in [1.165, 1.54) is 71.6 Å². The molecule has 0 bridgehead atoms. The molecule has 0 aliphatic heterocycles. The fraction of sp³-hybridized carbons (Fsp3) is 0.0169. The summed E-state index contributed by atoms with van der Waals surface area (Å²) in [5, 5.41) is 7.27. The largest absolute Gasteiger partial charge is 0.456 e. The van der Waals surface area contributed by atoms with Gasteiger partial charge < -0.3 is 13.9 Å². The lowest BCUT2D eigenvalue weighted by Gasteiger charge is -2.40. The number of furan rings is 1. The molecule has 62 heavy (non-hydrogen) atoms. The van der Waals surface area contributed by atoms with Gasteiger partial charge in [0.2, 0.25) is 0 Å². The van der Waals surface area contributed by atoms with Crippen LogP contribution in [0.4, 0.5) is 17.1 Å². The fourth-order valence-electron chi connectivity index (χ4n) is 11.3. The van der Waals surface area contributed by atoms with Crippen LogP contribution >= 0.6 is 0 Å². The molecule has 0 saturated heterocycles. The Balaban J connectivity index is 1.03. The third kappa shape index (κ3) is 4.39. The van der Waals surface area contributed by atoms with E-state index in [1.807, 2.05) is 12.1 Å². The number of hydrogen-bond acceptors (Lipinski definition) is 2. The molecule has 288 valence electrons. The first-order chi connectivity index (χ1) is 30.8. The van der Waals surface area contributed by atoms with Crippen LogP contribution in [-0.4, -0.2) is 4.57 Å². The second-order valence-electron chi connectivity index (χ2n) is 16.8. The average Bonchev–Trinajstić information content (AvgIpc) is 3.97. The number of rotatable bonds is 4. The summed E-state index contributed by atoms with van der Waals surface area (Å²) in [6, 6.07) is 80.5. The Morgan fingerprint density at radius 2 is 0.968 bits per heavy atom. The van der Waals surface area contributed by atoms with E-state index in [2.05, 4.69) is 216 Å². The number of nitrogens with zero attached hydrogens (tertiary/aromatic N) is 2. The van der Waals surface area contributed by atoms with Crippen molar-refractivity contribution >= 4 is 71.6 Å². The van der Waals surface area contributed by atoms with Crippen LogP contribution in [0.2, 0.25) is 0 Å². The van der Waals surface area contributed by atoms with E-state index in [1.54, 1.807) is 0 Å². The van der Waals surface area contributed by atoms with Crippen LogP contribution in [0.1, 0.15) is 22.3 Å². The summed E-state index contributed by atoms with van der Waals surface area (Å²) in [4.78, 5) is 2.44. The molecule has 0 amide bonds. The molecule has 2 aromatic heterocycles. The molecule has 3 nitrogen and oxygen atoms in total. The Morgan fingerprint density at radius 3 is 1.82 bits per heavy atom. The van der Waals surface area contributed by atoms with Crippen LogP contribution in [0.15, 0.2) is 223 Å². The molecule has 14 rings (SSSR count). The van der Waals surface area contributed by atoms with Crippen molar-refractivity contribution < 1.29 is 4.42 Å². The molecule has 0 saturated carbocycles. The van der Waals surface area contributed by atoms with Crippen LogP contribution < -0.4 is 4.90 Å². The lowest BCUT2D eigenvalue weighted by atomic mass is 9.61. The standard InChI is InChI=1S/C59H36N2O/c1-2-16-38(17-3-1)60(41-29-32-46-45-20-6-10-26-54(45)61(55(46)36-41)39-30-33-57-49(34-39)47-21-7-11-27-56(47)62-57)40-28-31-44-42-18-4-8-23-50(42)59(53(44)35-40)51-24-9-5-19-43(51)48-22-12-14-37-15-13-25-52(59)58(37)48/h1-36H. The molecule has 2 aliphatic rings. The van der Waals surface area contributed by atoms with Crippen molar-refractivity contribution in [2.24, 2.45) is 0 Å². The quantitative estimate of drug-likeness (QED) is 0.177. The highest BCUT2D eigenvalue weighted by atomic mass is 16.3. The van der Waals surface area contributed by atoms with Crippen LogP contribution in [0.3, 0.4) is 0 Å². The predicted molar refractivity (Wildman–Crippen MR) is 257 cm³/mol. The van der Waals surface area contributed by atoms with Gasteiger partial charge in [0.25, 0.3) is 0 Å². The Morgan fingerprint density at radius 1 is 0.355 bits per heavy atom. The summed E-state index contributed by atoms with van der Waals surface area (Å²) < 4.78 is 8.70. The topological polar surface area (TPSA) is 21.3 Å². The van der Waals surface area contributed by atoms with Gasteiger partial charge in [0.1, 0.15) is 11.2 Å². The first kappa shape index (κ1) is 33.7. The predicted octanol–water partition coefficient (Wildman–Crippen LogP) is 15.6. The normalized spacial score (nSPS) is 14.8. The van der Waals surface area contributed by atoms with E-state index in [9.17, 15) is 0 Å². The number of benzene rings is 10. The molecule has 1 atom stereocenters. The molecule has 3 heteroatoms. The Hall–Kier alpha value is -8.14. The maximum atomic E-state index is 6.28. The summed E-state index contributed by atoms with van der Waals surface area (Å²) in [7, 11) is 0. The summed E-state index contributed by atoms with van der Waals surface area (Å²) in [6.45, 7) is 0. The molecule has 0 radical (unpaired) electrons. The van der Waals surface area contributed by atoms with Crippen molar-refractivity contribution in [3.63, 3.8) is 0 Å². The zero-order valence-corrected chi connectivity index (χ0v) is 33.6. The SMILES string of the molecule is c1ccc(N(c2ccc3c(c2)C2(c4ccccc4-3)c3ccccc3-c3cccc4cccc2c34)c2ccc3c4ccccc4n(-c4ccc5oc6ccccc6c5c4)c3c2)cc1. The molecule has 2 aliphatic carbocycles. The minimum atomic E-state index is -0.513. The third-order valence-corrected chi connectivity index (χ3v) is 13.8. The first-order valence-corrected chi connectivity index (χ1v) is 21.4. The molecule has 2 heterocycles. The number of fused-ring (bicyclic) bond motifs is 15. The van der Waals surface area contributed by atoms with Gasteiger partial charge in [-0.3, -0.25) is 0 Å². The summed E-state index contributed by atoms with van der Waals surface area (Å²) in [5.74, 6) is 0. The van der Waals surface area contributed by atoms with Gasteiger partial charge in [-0.1, -0.05) is 152 Å². The lowest BCUT2D eigenvalue weighted by Crippen LogP contribution is -2.32. The van der Waals surface area contributed by atoms with Gasteiger partial charge in [0.05, 0.1) is 16.4 Å². The van der Waals surface area contributed by atoms with Gasteiger partial charge in [-0.2, -0.15) is 0 Å². The van der Waals surface area contributed by atoms with Gasteiger partial charge in [-0.25, -0.2) is 0 Å². The number of aromatic nitrogens is 1. The Bertz CT molecular complexity index is 3830. The second kappa shape index (κ2) is 12.4. The fourth-order valence-corrected chi connectivity index (χ4v) is 11.3. The Labute approximate surface area is 358 Å². The molecule has 10 aromatic carbocycles. The van der Waals surface area contributed by atoms with Crippen LogP contribution in [0, 0.1) is 0 Å².